The first-order chi connectivity index (χ1) is 13.8. The van der Waals surface area contributed by atoms with Crippen LogP contribution in [0.4, 0.5) is 18.9 Å². The Labute approximate surface area is 166 Å². The standard InChI is InChI=1S/C18H16F3N5O2S/c19-18(20,21)10-4-3-5-11(8-10)22-14(27)9-29-17-25-24-16-23-15(28)12-6-1-2-7-13(12)26(16)17/h3-5,8H,1-2,6-7,9H2,(H,22,27)(H,23,24,28). The van der Waals surface area contributed by atoms with Crippen LogP contribution in [0.3, 0.4) is 0 Å². The molecular weight excluding hydrogens is 407 g/mol. The predicted molar refractivity (Wildman–Crippen MR) is 101 cm³/mol. The van der Waals surface area contributed by atoms with Crippen molar-refractivity contribution in [3.05, 3.63) is 51.4 Å². The molecule has 0 atom stereocenters. The van der Waals surface area contributed by atoms with Gasteiger partial charge in [-0.25, -0.2) is 0 Å². The van der Waals surface area contributed by atoms with Crippen LogP contribution in [0.15, 0.2) is 34.2 Å². The third-order valence-corrected chi connectivity index (χ3v) is 5.58. The van der Waals surface area contributed by atoms with E-state index in [1.54, 1.807) is 4.40 Å². The fraction of sp³-hybridized carbons (Fsp3) is 0.333. The number of nitrogens with one attached hydrogen (secondary N) is 2. The molecule has 29 heavy (non-hydrogen) atoms. The number of fused-ring (bicyclic) bond motifs is 3. The van der Waals surface area contributed by atoms with E-state index in [0.717, 1.165) is 48.9 Å². The van der Waals surface area contributed by atoms with Gasteiger partial charge in [0, 0.05) is 16.9 Å². The number of anilines is 1. The van der Waals surface area contributed by atoms with Gasteiger partial charge in [-0.2, -0.15) is 13.2 Å². The van der Waals surface area contributed by atoms with E-state index >= 15 is 0 Å². The number of H-pyrrole nitrogens is 1. The Hall–Kier alpha value is -2.82. The van der Waals surface area contributed by atoms with Crippen molar-refractivity contribution in [1.29, 1.82) is 0 Å². The number of rotatable bonds is 4. The molecule has 4 rings (SSSR count). The van der Waals surface area contributed by atoms with Gasteiger partial charge in [0.1, 0.15) is 0 Å². The lowest BCUT2D eigenvalue weighted by atomic mass is 9.97. The molecule has 2 aromatic heterocycles. The minimum Gasteiger partial charge on any atom is -0.325 e. The minimum absolute atomic E-state index is 0.0645. The highest BCUT2D eigenvalue weighted by Crippen LogP contribution is 2.31. The number of aromatic amines is 1. The number of aromatic nitrogens is 4. The number of amides is 1. The molecule has 0 radical (unpaired) electrons. The van der Waals surface area contributed by atoms with Crippen LogP contribution in [0.1, 0.15) is 29.7 Å². The first-order valence-electron chi connectivity index (χ1n) is 8.92. The van der Waals surface area contributed by atoms with Gasteiger partial charge in [0.2, 0.25) is 11.7 Å². The van der Waals surface area contributed by atoms with Gasteiger partial charge in [-0.05, 0) is 43.9 Å². The number of hydrogen-bond donors (Lipinski definition) is 2. The SMILES string of the molecule is O=C(CSc1nnc2[nH]c(=O)c3c(n12)CCCC3)Nc1cccc(C(F)(F)F)c1. The second-order valence-electron chi connectivity index (χ2n) is 6.64. The van der Waals surface area contributed by atoms with Gasteiger partial charge in [0.25, 0.3) is 5.56 Å². The number of alkyl halides is 3. The zero-order valence-corrected chi connectivity index (χ0v) is 15.9. The van der Waals surface area contributed by atoms with E-state index in [4.69, 9.17) is 0 Å². The molecule has 1 aliphatic rings. The van der Waals surface area contributed by atoms with Crippen LogP contribution in [0.2, 0.25) is 0 Å². The van der Waals surface area contributed by atoms with Gasteiger partial charge >= 0.3 is 6.18 Å². The highest BCUT2D eigenvalue weighted by molar-refractivity contribution is 7.99. The van der Waals surface area contributed by atoms with Gasteiger partial charge in [0.05, 0.1) is 11.3 Å². The van der Waals surface area contributed by atoms with Gasteiger partial charge in [-0.1, -0.05) is 17.8 Å². The summed E-state index contributed by atoms with van der Waals surface area (Å²) in [7, 11) is 0. The molecule has 0 unspecified atom stereocenters. The van der Waals surface area contributed by atoms with E-state index in [0.29, 0.717) is 22.9 Å². The molecule has 2 N–H and O–H groups in total. The molecule has 0 fully saturated rings. The van der Waals surface area contributed by atoms with E-state index < -0.39 is 17.6 Å². The molecule has 1 aromatic carbocycles. The largest absolute Gasteiger partial charge is 0.416 e. The zero-order valence-electron chi connectivity index (χ0n) is 15.0. The van der Waals surface area contributed by atoms with E-state index in [1.165, 1.54) is 12.1 Å². The predicted octanol–water partition coefficient (Wildman–Crippen LogP) is 3.05. The van der Waals surface area contributed by atoms with Gasteiger partial charge < -0.3 is 5.32 Å². The van der Waals surface area contributed by atoms with Gasteiger partial charge in [-0.15, -0.1) is 10.2 Å². The summed E-state index contributed by atoms with van der Waals surface area (Å²) in [6.07, 6.45) is -1.20. The monoisotopic (exact) mass is 423 g/mol. The lowest BCUT2D eigenvalue weighted by Crippen LogP contribution is -2.23. The zero-order chi connectivity index (χ0) is 20.6. The number of thioether (sulfide) groups is 1. The van der Waals surface area contributed by atoms with Crippen LogP contribution in [0.5, 0.6) is 0 Å². The number of hydrogen-bond acceptors (Lipinski definition) is 5. The fourth-order valence-electron chi connectivity index (χ4n) is 3.35. The first-order valence-corrected chi connectivity index (χ1v) is 9.90. The molecule has 11 heteroatoms. The highest BCUT2D eigenvalue weighted by atomic mass is 32.2. The van der Waals surface area contributed by atoms with E-state index in [1.807, 2.05) is 0 Å². The maximum absolute atomic E-state index is 12.8. The van der Waals surface area contributed by atoms with Crippen LogP contribution >= 0.6 is 11.8 Å². The number of benzene rings is 1. The average molecular weight is 423 g/mol. The third-order valence-electron chi connectivity index (χ3n) is 4.65. The molecule has 0 saturated heterocycles. The second-order valence-corrected chi connectivity index (χ2v) is 7.59. The molecule has 7 nitrogen and oxygen atoms in total. The molecule has 0 spiro atoms. The number of carbonyl (C=O) groups excluding carboxylic acids is 1. The van der Waals surface area contributed by atoms with E-state index in [-0.39, 0.29) is 17.0 Å². The molecule has 3 aromatic rings. The molecule has 0 bridgehead atoms. The van der Waals surface area contributed by atoms with Crippen molar-refractivity contribution < 1.29 is 18.0 Å². The number of nitrogens with zero attached hydrogens (tertiary/aromatic N) is 3. The Morgan fingerprint density at radius 1 is 1.24 bits per heavy atom. The topological polar surface area (TPSA) is 92.2 Å². The van der Waals surface area contributed by atoms with Crippen molar-refractivity contribution >= 4 is 29.1 Å². The molecule has 1 amide bonds. The Morgan fingerprint density at radius 3 is 2.83 bits per heavy atom. The Morgan fingerprint density at radius 2 is 2.03 bits per heavy atom. The average Bonchev–Trinajstić information content (AvgIpc) is 3.09. The molecule has 2 heterocycles. The Balaban J connectivity index is 1.50. The third kappa shape index (κ3) is 4.00. The summed E-state index contributed by atoms with van der Waals surface area (Å²) in [4.78, 5) is 27.1. The van der Waals surface area contributed by atoms with Crippen LogP contribution < -0.4 is 10.9 Å². The number of halogens is 3. The van der Waals surface area contributed by atoms with Crippen molar-refractivity contribution in [2.75, 3.05) is 11.1 Å². The highest BCUT2D eigenvalue weighted by Gasteiger charge is 2.30. The minimum atomic E-state index is -4.48. The Kier molecular flexibility index (Phi) is 5.07. The summed E-state index contributed by atoms with van der Waals surface area (Å²) in [5.41, 5.74) is 0.623. The second kappa shape index (κ2) is 7.54. The van der Waals surface area contributed by atoms with Crippen LogP contribution in [-0.4, -0.2) is 31.2 Å². The number of carbonyl (C=O) groups is 1. The summed E-state index contributed by atoms with van der Waals surface area (Å²) < 4.78 is 40.1. The van der Waals surface area contributed by atoms with Crippen molar-refractivity contribution in [3.63, 3.8) is 0 Å². The maximum atomic E-state index is 12.8. The van der Waals surface area contributed by atoms with Gasteiger partial charge in [-0.3, -0.25) is 19.0 Å². The lowest BCUT2D eigenvalue weighted by Gasteiger charge is -2.16. The fourth-order valence-corrected chi connectivity index (χ4v) is 4.10. The maximum Gasteiger partial charge on any atom is 0.416 e. The van der Waals surface area contributed by atoms with E-state index in [9.17, 15) is 22.8 Å². The number of aryl methyl sites for hydroxylation is 1. The quantitative estimate of drug-likeness (QED) is 0.630. The molecule has 0 aliphatic heterocycles. The summed E-state index contributed by atoms with van der Waals surface area (Å²) in [6, 6.07) is 4.46. The van der Waals surface area contributed by atoms with Crippen molar-refractivity contribution in [2.24, 2.45) is 0 Å². The van der Waals surface area contributed by atoms with Crippen LogP contribution in [-0.2, 0) is 23.8 Å². The van der Waals surface area contributed by atoms with Crippen molar-refractivity contribution in [1.82, 2.24) is 19.6 Å². The smallest absolute Gasteiger partial charge is 0.325 e. The summed E-state index contributed by atoms with van der Waals surface area (Å²) in [6.45, 7) is 0. The molecule has 1 aliphatic carbocycles. The summed E-state index contributed by atoms with van der Waals surface area (Å²) in [5, 5.41) is 10.9. The first kappa shape index (κ1) is 19.5. The van der Waals surface area contributed by atoms with Crippen molar-refractivity contribution in [2.45, 2.75) is 37.0 Å². The molecular formula is C18H16F3N5O2S. The van der Waals surface area contributed by atoms with E-state index in [2.05, 4.69) is 20.5 Å². The normalized spacial score (nSPS) is 14.0. The molecule has 152 valence electrons. The lowest BCUT2D eigenvalue weighted by molar-refractivity contribution is -0.137. The Bertz CT molecular complexity index is 1140. The van der Waals surface area contributed by atoms with Crippen LogP contribution in [0.25, 0.3) is 5.78 Å². The summed E-state index contributed by atoms with van der Waals surface area (Å²) in [5.74, 6) is -0.217. The van der Waals surface area contributed by atoms with Gasteiger partial charge in [0.15, 0.2) is 5.16 Å². The van der Waals surface area contributed by atoms with Crippen molar-refractivity contribution in [3.8, 4) is 0 Å². The molecule has 0 saturated carbocycles. The summed E-state index contributed by atoms with van der Waals surface area (Å²) >= 11 is 1.11. The van der Waals surface area contributed by atoms with Crippen LogP contribution in [0, 0.1) is 0 Å².